The Morgan fingerprint density at radius 2 is 2.23 bits per heavy atom. The summed E-state index contributed by atoms with van der Waals surface area (Å²) < 4.78 is 7.57. The molecule has 26 heavy (non-hydrogen) atoms. The molecule has 8 nitrogen and oxygen atoms in total. The van der Waals surface area contributed by atoms with Crippen molar-refractivity contribution in [2.24, 2.45) is 11.1 Å². The van der Waals surface area contributed by atoms with Crippen LogP contribution in [0.25, 0.3) is 5.78 Å². The Labute approximate surface area is 152 Å². The zero-order chi connectivity index (χ0) is 18.3. The van der Waals surface area contributed by atoms with E-state index >= 15 is 0 Å². The molecule has 1 spiro atoms. The van der Waals surface area contributed by atoms with Gasteiger partial charge in [0.15, 0.2) is 0 Å². The van der Waals surface area contributed by atoms with Crippen molar-refractivity contribution in [1.82, 2.24) is 19.3 Å². The Morgan fingerprint density at radius 1 is 1.46 bits per heavy atom. The van der Waals surface area contributed by atoms with E-state index in [-0.39, 0.29) is 23.5 Å². The fraction of sp³-hybridized carbons (Fsp3) is 0.611. The molecule has 3 N–H and O–H groups in total. The number of imidazole rings is 1. The Morgan fingerprint density at radius 3 is 2.92 bits per heavy atom. The van der Waals surface area contributed by atoms with Gasteiger partial charge in [-0.2, -0.15) is 0 Å². The number of aromatic nitrogens is 3. The van der Waals surface area contributed by atoms with E-state index in [1.54, 1.807) is 16.7 Å². The highest BCUT2D eigenvalue weighted by atomic mass is 16.5. The molecule has 2 aromatic heterocycles. The number of rotatable bonds is 4. The predicted molar refractivity (Wildman–Crippen MR) is 94.7 cm³/mol. The van der Waals surface area contributed by atoms with Crippen molar-refractivity contribution in [3.05, 3.63) is 29.8 Å². The molecule has 0 bridgehead atoms. The lowest BCUT2D eigenvalue weighted by Crippen LogP contribution is -2.63. The fourth-order valence-electron chi connectivity index (χ4n) is 4.36. The number of carbonyl (C=O) groups excluding carboxylic acids is 1. The molecule has 2 atom stereocenters. The minimum Gasteiger partial charge on any atom is -0.392 e. The summed E-state index contributed by atoms with van der Waals surface area (Å²) in [5, 5.41) is 10.4. The van der Waals surface area contributed by atoms with Gasteiger partial charge in [0, 0.05) is 43.9 Å². The van der Waals surface area contributed by atoms with E-state index in [1.165, 1.54) is 0 Å². The summed E-state index contributed by atoms with van der Waals surface area (Å²) in [5.74, 6) is 0.498. The van der Waals surface area contributed by atoms with Gasteiger partial charge in [0.05, 0.1) is 24.5 Å². The van der Waals surface area contributed by atoms with Gasteiger partial charge in [-0.1, -0.05) is 0 Å². The topological polar surface area (TPSA) is 106 Å². The molecule has 1 aliphatic carbocycles. The van der Waals surface area contributed by atoms with Gasteiger partial charge in [0.1, 0.15) is 5.69 Å². The first-order valence-electron chi connectivity index (χ1n) is 9.15. The number of ether oxygens (including phenoxy) is 1. The van der Waals surface area contributed by atoms with E-state index < -0.39 is 0 Å². The number of amides is 1. The fourth-order valence-corrected chi connectivity index (χ4v) is 4.36. The van der Waals surface area contributed by atoms with Gasteiger partial charge in [-0.05, 0) is 25.8 Å². The average Bonchev–Trinajstić information content (AvgIpc) is 3.00. The first-order valence-corrected chi connectivity index (χ1v) is 9.15. The largest absolute Gasteiger partial charge is 0.392 e. The summed E-state index contributed by atoms with van der Waals surface area (Å²) >= 11 is 0. The van der Waals surface area contributed by atoms with Gasteiger partial charge in [-0.25, -0.2) is 9.97 Å². The summed E-state index contributed by atoms with van der Waals surface area (Å²) in [6, 6.07) is 1.79. The van der Waals surface area contributed by atoms with Crippen LogP contribution >= 0.6 is 0 Å². The highest BCUT2D eigenvalue weighted by Gasteiger charge is 2.56. The zero-order valence-corrected chi connectivity index (χ0v) is 15.0. The van der Waals surface area contributed by atoms with E-state index in [9.17, 15) is 9.90 Å². The van der Waals surface area contributed by atoms with Crippen molar-refractivity contribution < 1.29 is 14.6 Å². The Hall–Kier alpha value is -2.03. The minimum atomic E-state index is -0.357. The van der Waals surface area contributed by atoms with Crippen LogP contribution in [0, 0.1) is 12.3 Å². The third-order valence-corrected chi connectivity index (χ3v) is 5.94. The second-order valence-electron chi connectivity index (χ2n) is 7.26. The second kappa shape index (κ2) is 6.61. The third kappa shape index (κ3) is 2.60. The molecule has 2 fully saturated rings. The van der Waals surface area contributed by atoms with Crippen LogP contribution in [0.1, 0.15) is 35.4 Å². The predicted octanol–water partition coefficient (Wildman–Crippen LogP) is 0.369. The van der Waals surface area contributed by atoms with Crippen LogP contribution in [-0.4, -0.2) is 68.7 Å². The van der Waals surface area contributed by atoms with E-state index in [1.807, 2.05) is 18.0 Å². The summed E-state index contributed by atoms with van der Waals surface area (Å²) in [6.45, 7) is 4.03. The van der Waals surface area contributed by atoms with Crippen LogP contribution in [0.3, 0.4) is 0 Å². The number of hydrogen-bond donors (Lipinski definition) is 2. The molecule has 1 amide bonds. The first-order chi connectivity index (χ1) is 12.6. The standard InChI is InChI=1S/C18H25N5O3/c1-12-15(23-7-2-6-20-17(23)21-12)16(25)22-8-3-18(4-9-22)13(24)11-14(18)26-10-5-19/h2,6-7,13-14,24H,3-5,8-11,19H2,1H3/t13-,14+/m1/s1. The molecule has 1 saturated carbocycles. The Balaban J connectivity index is 1.49. The van der Waals surface area contributed by atoms with Crippen molar-refractivity contribution in [3.8, 4) is 0 Å². The van der Waals surface area contributed by atoms with Crippen LogP contribution in [0.2, 0.25) is 0 Å². The number of nitrogens with two attached hydrogens (primary N) is 1. The Kier molecular flexibility index (Phi) is 4.42. The maximum Gasteiger partial charge on any atom is 0.272 e. The summed E-state index contributed by atoms with van der Waals surface area (Å²) in [6.07, 6.45) is 5.30. The van der Waals surface area contributed by atoms with Gasteiger partial charge in [0.25, 0.3) is 5.91 Å². The first kappa shape index (κ1) is 17.4. The van der Waals surface area contributed by atoms with Gasteiger partial charge < -0.3 is 20.5 Å². The number of fused-ring (bicyclic) bond motifs is 1. The summed E-state index contributed by atoms with van der Waals surface area (Å²) in [5.41, 5.74) is 6.54. The van der Waals surface area contributed by atoms with E-state index in [0.717, 1.165) is 12.8 Å². The number of nitrogens with zero attached hydrogens (tertiary/aromatic N) is 4. The normalized spacial score (nSPS) is 24.8. The van der Waals surface area contributed by atoms with Crippen molar-refractivity contribution in [2.75, 3.05) is 26.2 Å². The lowest BCUT2D eigenvalue weighted by Gasteiger charge is -2.56. The van der Waals surface area contributed by atoms with Crippen LogP contribution in [0.5, 0.6) is 0 Å². The number of aliphatic hydroxyl groups excluding tert-OH is 1. The lowest BCUT2D eigenvalue weighted by atomic mass is 9.58. The average molecular weight is 359 g/mol. The molecule has 0 aromatic carbocycles. The van der Waals surface area contributed by atoms with Crippen LogP contribution < -0.4 is 5.73 Å². The highest BCUT2D eigenvalue weighted by Crippen LogP contribution is 2.51. The molecule has 2 aromatic rings. The van der Waals surface area contributed by atoms with Gasteiger partial charge in [-0.3, -0.25) is 9.20 Å². The van der Waals surface area contributed by atoms with Crippen molar-refractivity contribution in [3.63, 3.8) is 0 Å². The van der Waals surface area contributed by atoms with Crippen LogP contribution in [0.4, 0.5) is 0 Å². The van der Waals surface area contributed by atoms with E-state index in [4.69, 9.17) is 10.5 Å². The van der Waals surface area contributed by atoms with Crippen LogP contribution in [-0.2, 0) is 4.74 Å². The van der Waals surface area contributed by atoms with Crippen molar-refractivity contribution in [2.45, 2.75) is 38.4 Å². The monoisotopic (exact) mass is 359 g/mol. The maximum atomic E-state index is 13.1. The molecule has 4 rings (SSSR count). The molecule has 0 unspecified atom stereocenters. The molecular formula is C18H25N5O3. The molecule has 8 heteroatoms. The van der Waals surface area contributed by atoms with Crippen LogP contribution in [0.15, 0.2) is 18.5 Å². The van der Waals surface area contributed by atoms with Gasteiger partial charge >= 0.3 is 0 Å². The van der Waals surface area contributed by atoms with Gasteiger partial charge in [-0.15, -0.1) is 0 Å². The smallest absolute Gasteiger partial charge is 0.272 e. The maximum absolute atomic E-state index is 13.1. The second-order valence-corrected chi connectivity index (χ2v) is 7.26. The van der Waals surface area contributed by atoms with Crippen molar-refractivity contribution >= 4 is 11.7 Å². The number of piperidine rings is 1. The van der Waals surface area contributed by atoms with E-state index in [2.05, 4.69) is 9.97 Å². The number of aliphatic hydroxyl groups is 1. The molecule has 3 heterocycles. The molecular weight excluding hydrogens is 334 g/mol. The number of carbonyl (C=O) groups is 1. The number of likely N-dealkylation sites (tertiary alicyclic amines) is 1. The molecule has 0 radical (unpaired) electrons. The SMILES string of the molecule is Cc1nc2ncccn2c1C(=O)N1CCC2(CC1)[C@H](O)C[C@@H]2OCCN. The summed E-state index contributed by atoms with van der Waals surface area (Å²) in [7, 11) is 0. The molecule has 2 aliphatic rings. The molecule has 140 valence electrons. The number of aryl methyl sites for hydroxylation is 1. The summed E-state index contributed by atoms with van der Waals surface area (Å²) in [4.78, 5) is 23.5. The number of hydrogen-bond acceptors (Lipinski definition) is 6. The van der Waals surface area contributed by atoms with E-state index in [0.29, 0.717) is 49.8 Å². The third-order valence-electron chi connectivity index (χ3n) is 5.94. The van der Waals surface area contributed by atoms with Crippen molar-refractivity contribution in [1.29, 1.82) is 0 Å². The zero-order valence-electron chi connectivity index (χ0n) is 15.0. The quantitative estimate of drug-likeness (QED) is 0.817. The Bertz CT molecular complexity index is 812. The molecule has 1 saturated heterocycles. The highest BCUT2D eigenvalue weighted by molar-refractivity contribution is 5.94. The molecule has 1 aliphatic heterocycles. The van der Waals surface area contributed by atoms with Gasteiger partial charge in [0.2, 0.25) is 5.78 Å². The minimum absolute atomic E-state index is 0.0360. The lowest BCUT2D eigenvalue weighted by molar-refractivity contribution is -0.208.